The number of carbonyl (C=O) groups is 1. The first kappa shape index (κ1) is 17.4. The Labute approximate surface area is 124 Å². The third-order valence-electron chi connectivity index (χ3n) is 4.13. The van der Waals surface area contributed by atoms with Gasteiger partial charge in [0.1, 0.15) is 0 Å². The van der Waals surface area contributed by atoms with Gasteiger partial charge in [-0.15, -0.1) is 0 Å². The molecule has 118 valence electrons. The van der Waals surface area contributed by atoms with Crippen LogP contribution in [-0.2, 0) is 9.53 Å². The van der Waals surface area contributed by atoms with Crippen LogP contribution in [0.2, 0.25) is 0 Å². The average molecular weight is 284 g/mol. The van der Waals surface area contributed by atoms with Gasteiger partial charge < -0.3 is 10.1 Å². The topological polar surface area (TPSA) is 41.6 Å². The Kier molecular flexibility index (Phi) is 6.46. The predicted octanol–water partition coefficient (Wildman–Crippen LogP) is 2.28. The Hall–Kier alpha value is -0.610. The van der Waals surface area contributed by atoms with Crippen molar-refractivity contribution in [3.8, 4) is 0 Å². The van der Waals surface area contributed by atoms with Gasteiger partial charge in [0.05, 0.1) is 12.6 Å². The summed E-state index contributed by atoms with van der Waals surface area (Å²) in [5.74, 6) is 0.538. The summed E-state index contributed by atoms with van der Waals surface area (Å²) in [7, 11) is 1.98. The first-order valence-electron chi connectivity index (χ1n) is 7.80. The molecule has 20 heavy (non-hydrogen) atoms. The van der Waals surface area contributed by atoms with Crippen LogP contribution >= 0.6 is 0 Å². The maximum absolute atomic E-state index is 12.0. The van der Waals surface area contributed by atoms with Crippen molar-refractivity contribution in [2.24, 2.45) is 11.3 Å². The Morgan fingerprint density at radius 2 is 2.05 bits per heavy atom. The highest BCUT2D eigenvalue weighted by molar-refractivity contribution is 5.78. The first-order chi connectivity index (χ1) is 9.21. The minimum Gasteiger partial charge on any atom is -0.377 e. The monoisotopic (exact) mass is 284 g/mol. The van der Waals surface area contributed by atoms with Gasteiger partial charge >= 0.3 is 0 Å². The van der Waals surface area contributed by atoms with Gasteiger partial charge in [0, 0.05) is 25.1 Å². The van der Waals surface area contributed by atoms with Crippen molar-refractivity contribution in [1.29, 1.82) is 0 Å². The second-order valence-corrected chi connectivity index (χ2v) is 7.37. The summed E-state index contributed by atoms with van der Waals surface area (Å²) in [5, 5.41) is 3.08. The normalized spacial score (nSPS) is 24.2. The molecule has 0 aromatic rings. The van der Waals surface area contributed by atoms with Gasteiger partial charge in [-0.1, -0.05) is 20.8 Å². The Morgan fingerprint density at radius 1 is 1.40 bits per heavy atom. The summed E-state index contributed by atoms with van der Waals surface area (Å²) in [4.78, 5) is 14.0. The molecule has 0 unspecified atom stereocenters. The zero-order valence-electron chi connectivity index (χ0n) is 14.0. The first-order valence-corrected chi connectivity index (χ1v) is 7.80. The molecule has 1 aliphatic rings. The van der Waals surface area contributed by atoms with E-state index < -0.39 is 0 Å². The maximum atomic E-state index is 12.0. The highest BCUT2D eigenvalue weighted by atomic mass is 16.5. The van der Waals surface area contributed by atoms with Crippen molar-refractivity contribution in [2.45, 2.75) is 59.6 Å². The summed E-state index contributed by atoms with van der Waals surface area (Å²) in [6.45, 7) is 12.9. The molecule has 4 nitrogen and oxygen atoms in total. The van der Waals surface area contributed by atoms with Crippen molar-refractivity contribution >= 4 is 5.91 Å². The summed E-state index contributed by atoms with van der Waals surface area (Å²) in [6.07, 6.45) is 2.47. The molecular formula is C16H32N2O2. The molecule has 1 aliphatic heterocycles. The number of nitrogens with zero attached hydrogens (tertiary/aromatic N) is 1. The van der Waals surface area contributed by atoms with Crippen LogP contribution in [0.4, 0.5) is 0 Å². The summed E-state index contributed by atoms with van der Waals surface area (Å²) < 4.78 is 5.94. The molecule has 1 amide bonds. The molecule has 1 rings (SSSR count). The average Bonchev–Trinajstić information content (AvgIpc) is 2.35. The van der Waals surface area contributed by atoms with E-state index in [1.807, 2.05) is 11.9 Å². The molecule has 0 aliphatic carbocycles. The predicted molar refractivity (Wildman–Crippen MR) is 82.7 cm³/mol. The lowest BCUT2D eigenvalue weighted by atomic mass is 9.78. The largest absolute Gasteiger partial charge is 0.377 e. The van der Waals surface area contributed by atoms with Crippen molar-refractivity contribution in [1.82, 2.24) is 10.2 Å². The van der Waals surface area contributed by atoms with Gasteiger partial charge in [-0.25, -0.2) is 0 Å². The molecule has 0 radical (unpaired) electrons. The number of hydrogen-bond acceptors (Lipinski definition) is 3. The van der Waals surface area contributed by atoms with E-state index in [9.17, 15) is 4.79 Å². The Morgan fingerprint density at radius 3 is 2.60 bits per heavy atom. The van der Waals surface area contributed by atoms with E-state index >= 15 is 0 Å². The van der Waals surface area contributed by atoms with Crippen molar-refractivity contribution in [3.05, 3.63) is 0 Å². The van der Waals surface area contributed by atoms with Crippen LogP contribution < -0.4 is 5.32 Å². The van der Waals surface area contributed by atoms with Gasteiger partial charge in [0.15, 0.2) is 0 Å². The Balaban J connectivity index is 2.44. The van der Waals surface area contributed by atoms with Gasteiger partial charge in [0.25, 0.3) is 0 Å². The van der Waals surface area contributed by atoms with E-state index in [-0.39, 0.29) is 17.4 Å². The quantitative estimate of drug-likeness (QED) is 0.842. The molecule has 1 saturated heterocycles. The Bertz CT molecular complexity index is 310. The van der Waals surface area contributed by atoms with Crippen LogP contribution in [0.25, 0.3) is 0 Å². The molecule has 1 fully saturated rings. The van der Waals surface area contributed by atoms with Gasteiger partial charge in [-0.3, -0.25) is 9.69 Å². The van der Waals surface area contributed by atoms with Crippen molar-refractivity contribution < 1.29 is 9.53 Å². The lowest BCUT2D eigenvalue weighted by Crippen LogP contribution is -2.47. The molecular weight excluding hydrogens is 252 g/mol. The van der Waals surface area contributed by atoms with Gasteiger partial charge in [0.2, 0.25) is 5.91 Å². The minimum atomic E-state index is 0.111. The van der Waals surface area contributed by atoms with Crippen LogP contribution in [0.15, 0.2) is 0 Å². The molecule has 0 bridgehead atoms. The van der Waals surface area contributed by atoms with E-state index in [0.717, 1.165) is 26.0 Å². The lowest BCUT2D eigenvalue weighted by Gasteiger charge is -2.40. The number of carbonyl (C=O) groups excluding carboxylic acids is 1. The fourth-order valence-corrected chi connectivity index (χ4v) is 2.72. The molecule has 1 heterocycles. The highest BCUT2D eigenvalue weighted by Gasteiger charge is 2.35. The molecule has 4 heteroatoms. The molecule has 2 atom stereocenters. The van der Waals surface area contributed by atoms with E-state index in [1.54, 1.807) is 0 Å². The van der Waals surface area contributed by atoms with Gasteiger partial charge in [-0.05, 0) is 39.2 Å². The second kappa shape index (κ2) is 7.41. The van der Waals surface area contributed by atoms with Crippen molar-refractivity contribution in [3.63, 3.8) is 0 Å². The highest BCUT2D eigenvalue weighted by Crippen LogP contribution is 2.33. The number of rotatable bonds is 5. The third kappa shape index (κ3) is 5.41. The molecule has 1 N–H and O–H groups in total. The number of amides is 1. The van der Waals surface area contributed by atoms with Crippen LogP contribution in [-0.4, -0.2) is 49.7 Å². The molecule has 0 saturated carbocycles. The van der Waals surface area contributed by atoms with Crippen LogP contribution in [0, 0.1) is 11.3 Å². The fraction of sp³-hybridized carbons (Fsp3) is 0.938. The number of likely N-dealkylation sites (N-methyl/N-ethyl adjacent to an activating group) is 1. The smallest absolute Gasteiger partial charge is 0.234 e. The van der Waals surface area contributed by atoms with Crippen molar-refractivity contribution in [2.75, 3.05) is 26.7 Å². The molecule has 0 spiro atoms. The van der Waals surface area contributed by atoms with E-state index in [1.165, 1.54) is 0 Å². The van der Waals surface area contributed by atoms with Crippen LogP contribution in [0.5, 0.6) is 0 Å². The molecule has 0 aromatic carbocycles. The van der Waals surface area contributed by atoms with E-state index in [0.29, 0.717) is 18.5 Å². The fourth-order valence-electron chi connectivity index (χ4n) is 2.72. The molecule has 0 aromatic heterocycles. The maximum Gasteiger partial charge on any atom is 0.234 e. The standard InChI is InChI=1S/C16H32N2O2/c1-12(2)18(6)11-14(19)17-10-13-8-7-9-20-15(13)16(3,4)5/h12-13,15H,7-11H2,1-6H3,(H,17,19)/t13-,15-/m1/s1. The van der Waals surface area contributed by atoms with Crippen LogP contribution in [0.3, 0.4) is 0 Å². The second-order valence-electron chi connectivity index (χ2n) is 7.37. The summed E-state index contributed by atoms with van der Waals surface area (Å²) in [6, 6.07) is 0.390. The number of hydrogen-bond donors (Lipinski definition) is 1. The zero-order chi connectivity index (χ0) is 15.3. The van der Waals surface area contributed by atoms with Crippen LogP contribution in [0.1, 0.15) is 47.5 Å². The number of ether oxygens (including phenoxy) is 1. The SMILES string of the molecule is CC(C)N(C)CC(=O)NC[C@H]1CCCO[C@H]1C(C)(C)C. The number of nitrogens with one attached hydrogen (secondary N) is 1. The zero-order valence-corrected chi connectivity index (χ0v) is 14.0. The lowest BCUT2D eigenvalue weighted by molar-refractivity contribution is -0.124. The third-order valence-corrected chi connectivity index (χ3v) is 4.13. The van der Waals surface area contributed by atoms with E-state index in [2.05, 4.69) is 39.9 Å². The summed E-state index contributed by atoms with van der Waals surface area (Å²) in [5.41, 5.74) is 0.130. The van der Waals surface area contributed by atoms with E-state index in [4.69, 9.17) is 4.74 Å². The summed E-state index contributed by atoms with van der Waals surface area (Å²) >= 11 is 0. The van der Waals surface area contributed by atoms with Gasteiger partial charge in [-0.2, -0.15) is 0 Å². The minimum absolute atomic E-state index is 0.111.